The topological polar surface area (TPSA) is 103 Å². The molecule has 1 aliphatic carbocycles. The predicted molar refractivity (Wildman–Crippen MR) is 169 cm³/mol. The minimum Gasteiger partial charge on any atom is -0.354 e. The van der Waals surface area contributed by atoms with Gasteiger partial charge in [-0.2, -0.15) is 0 Å². The molecule has 2 heterocycles. The molecule has 2 aliphatic rings. The van der Waals surface area contributed by atoms with Crippen LogP contribution in [0.4, 0.5) is 0 Å². The lowest BCUT2D eigenvalue weighted by atomic mass is 9.94. The van der Waals surface area contributed by atoms with Crippen molar-refractivity contribution in [2.75, 3.05) is 26.2 Å². The second-order valence-electron chi connectivity index (χ2n) is 12.0. The molecule has 224 valence electrons. The van der Waals surface area contributed by atoms with E-state index >= 15 is 0 Å². The molecule has 1 saturated carbocycles. The molecule has 0 radical (unpaired) electrons. The fourth-order valence-electron chi connectivity index (χ4n) is 6.38. The second-order valence-corrected chi connectivity index (χ2v) is 13.1. The number of thiophene rings is 1. The Labute approximate surface area is 252 Å². The van der Waals surface area contributed by atoms with E-state index in [1.807, 2.05) is 60.7 Å². The lowest BCUT2D eigenvalue weighted by Gasteiger charge is -2.36. The molecular formula is C33H43N5O3S. The summed E-state index contributed by atoms with van der Waals surface area (Å²) in [6.45, 7) is 7.85. The van der Waals surface area contributed by atoms with Crippen molar-refractivity contribution in [1.82, 2.24) is 26.2 Å². The van der Waals surface area contributed by atoms with Crippen LogP contribution in [0.1, 0.15) is 61.2 Å². The van der Waals surface area contributed by atoms with Crippen LogP contribution in [0.2, 0.25) is 0 Å². The van der Waals surface area contributed by atoms with Gasteiger partial charge in [0.1, 0.15) is 11.6 Å². The third kappa shape index (κ3) is 7.56. The Morgan fingerprint density at radius 3 is 2.40 bits per heavy atom. The van der Waals surface area contributed by atoms with E-state index in [4.69, 9.17) is 0 Å². The molecule has 0 unspecified atom stereocenters. The average molecular weight is 590 g/mol. The number of nitrogens with zero attached hydrogens (tertiary/aromatic N) is 1. The average Bonchev–Trinajstić information content (AvgIpc) is 3.63. The fourth-order valence-corrected chi connectivity index (χ4v) is 7.33. The Balaban J connectivity index is 1.23. The minimum atomic E-state index is -1.03. The number of nitrogens with one attached hydrogen (secondary N) is 4. The first-order valence-corrected chi connectivity index (χ1v) is 16.0. The van der Waals surface area contributed by atoms with Gasteiger partial charge < -0.3 is 26.2 Å². The van der Waals surface area contributed by atoms with Gasteiger partial charge in [0, 0.05) is 42.8 Å². The SMILES string of the molecule is C[C@@H]1CN(CCCNC(=O)[C@@H](Cc2ccccc2)NC(=O)C2(NC(=O)c3cc4ccccc4s3)CCCC2)C[C@H](C)N1. The molecular weight excluding hydrogens is 546 g/mol. The zero-order valence-electron chi connectivity index (χ0n) is 24.7. The number of piperazine rings is 1. The normalized spacial score (nSPS) is 21.1. The van der Waals surface area contributed by atoms with Gasteiger partial charge in [0.2, 0.25) is 11.8 Å². The third-order valence-electron chi connectivity index (χ3n) is 8.38. The highest BCUT2D eigenvalue weighted by molar-refractivity contribution is 7.20. The van der Waals surface area contributed by atoms with E-state index in [0.717, 1.165) is 54.5 Å². The van der Waals surface area contributed by atoms with Crippen LogP contribution in [0.15, 0.2) is 60.7 Å². The van der Waals surface area contributed by atoms with Gasteiger partial charge in [-0.25, -0.2) is 0 Å². The number of hydrogen-bond acceptors (Lipinski definition) is 6. The maximum atomic E-state index is 13.9. The Kier molecular flexibility index (Phi) is 9.92. The quantitative estimate of drug-likeness (QED) is 0.255. The van der Waals surface area contributed by atoms with E-state index in [9.17, 15) is 14.4 Å². The summed E-state index contributed by atoms with van der Waals surface area (Å²) in [4.78, 5) is 43.7. The number of hydrogen-bond donors (Lipinski definition) is 4. The van der Waals surface area contributed by atoms with Gasteiger partial charge >= 0.3 is 0 Å². The van der Waals surface area contributed by atoms with Gasteiger partial charge in [0.05, 0.1) is 4.88 Å². The first-order valence-electron chi connectivity index (χ1n) is 15.2. The second kappa shape index (κ2) is 13.8. The Bertz CT molecular complexity index is 1330. The Morgan fingerprint density at radius 1 is 1.00 bits per heavy atom. The number of carbonyl (C=O) groups excluding carboxylic acids is 3. The molecule has 1 aromatic heterocycles. The van der Waals surface area contributed by atoms with Crippen molar-refractivity contribution < 1.29 is 14.4 Å². The smallest absolute Gasteiger partial charge is 0.262 e. The summed E-state index contributed by atoms with van der Waals surface area (Å²) in [5.74, 6) is -0.721. The van der Waals surface area contributed by atoms with Crippen LogP contribution in [-0.4, -0.2) is 72.5 Å². The van der Waals surface area contributed by atoms with E-state index in [-0.39, 0.29) is 17.7 Å². The van der Waals surface area contributed by atoms with Crippen LogP contribution in [0.3, 0.4) is 0 Å². The molecule has 3 aromatic rings. The highest BCUT2D eigenvalue weighted by Crippen LogP contribution is 2.32. The molecule has 4 N–H and O–H groups in total. The van der Waals surface area contributed by atoms with Gasteiger partial charge in [-0.05, 0) is 62.7 Å². The highest BCUT2D eigenvalue weighted by atomic mass is 32.1. The van der Waals surface area contributed by atoms with Gasteiger partial charge in [-0.3, -0.25) is 14.4 Å². The van der Waals surface area contributed by atoms with E-state index in [1.54, 1.807) is 0 Å². The number of amides is 3. The van der Waals surface area contributed by atoms with Crippen molar-refractivity contribution in [3.8, 4) is 0 Å². The van der Waals surface area contributed by atoms with Gasteiger partial charge in [0.25, 0.3) is 5.91 Å². The standard InChI is InChI=1S/C33H43N5O3S/c1-23-21-38(22-24(2)35-23)18-10-17-34-30(39)27(19-25-11-4-3-5-12-25)36-32(41)33(15-8-9-16-33)37-31(40)29-20-26-13-6-7-14-28(26)42-29/h3-7,11-14,20,23-24,27,35H,8-10,15-19,21-22H2,1-2H3,(H,34,39)(H,36,41)(H,37,40)/t23-,24+,27-/m1/s1. The number of carbonyl (C=O) groups is 3. The summed E-state index contributed by atoms with van der Waals surface area (Å²) in [5.41, 5.74) is -0.0606. The molecule has 5 rings (SSSR count). The number of benzene rings is 2. The Hall–Kier alpha value is -3.27. The molecule has 2 aromatic carbocycles. The summed E-state index contributed by atoms with van der Waals surface area (Å²) >= 11 is 1.43. The van der Waals surface area contributed by atoms with Crippen molar-refractivity contribution in [2.24, 2.45) is 0 Å². The maximum Gasteiger partial charge on any atom is 0.262 e. The monoisotopic (exact) mass is 589 g/mol. The fraction of sp³-hybridized carbons (Fsp3) is 0.485. The maximum absolute atomic E-state index is 13.9. The summed E-state index contributed by atoms with van der Waals surface area (Å²) in [7, 11) is 0. The largest absolute Gasteiger partial charge is 0.354 e. The lowest BCUT2D eigenvalue weighted by molar-refractivity contribution is -0.132. The third-order valence-corrected chi connectivity index (χ3v) is 9.50. The predicted octanol–water partition coefficient (Wildman–Crippen LogP) is 3.86. The van der Waals surface area contributed by atoms with Crippen LogP contribution < -0.4 is 21.3 Å². The highest BCUT2D eigenvalue weighted by Gasteiger charge is 2.44. The zero-order valence-corrected chi connectivity index (χ0v) is 25.5. The van der Waals surface area contributed by atoms with Crippen molar-refractivity contribution in [3.63, 3.8) is 0 Å². The van der Waals surface area contributed by atoms with E-state index in [1.165, 1.54) is 11.3 Å². The molecule has 42 heavy (non-hydrogen) atoms. The number of rotatable bonds is 11. The molecule has 0 bridgehead atoms. The van der Waals surface area contributed by atoms with Crippen LogP contribution in [-0.2, 0) is 16.0 Å². The molecule has 1 saturated heterocycles. The van der Waals surface area contributed by atoms with Gasteiger partial charge in [0.15, 0.2) is 0 Å². The minimum absolute atomic E-state index is 0.196. The summed E-state index contributed by atoms with van der Waals surface area (Å²) in [5, 5.41) is 13.8. The summed E-state index contributed by atoms with van der Waals surface area (Å²) in [6.07, 6.45) is 4.02. The lowest BCUT2D eigenvalue weighted by Crippen LogP contribution is -2.61. The van der Waals surface area contributed by atoms with E-state index in [0.29, 0.717) is 42.8 Å². The van der Waals surface area contributed by atoms with Gasteiger partial charge in [-0.15, -0.1) is 11.3 Å². The first-order chi connectivity index (χ1) is 20.3. The van der Waals surface area contributed by atoms with Crippen molar-refractivity contribution >= 4 is 39.1 Å². The molecule has 3 atom stereocenters. The molecule has 3 amide bonds. The van der Waals surface area contributed by atoms with Crippen LogP contribution in [0.5, 0.6) is 0 Å². The van der Waals surface area contributed by atoms with Crippen molar-refractivity contribution in [1.29, 1.82) is 0 Å². The number of fused-ring (bicyclic) bond motifs is 1. The van der Waals surface area contributed by atoms with E-state index < -0.39 is 11.6 Å². The molecule has 2 fully saturated rings. The van der Waals surface area contributed by atoms with E-state index in [2.05, 4.69) is 40.0 Å². The van der Waals surface area contributed by atoms with Gasteiger partial charge in [-0.1, -0.05) is 61.4 Å². The first kappa shape index (κ1) is 30.2. The van der Waals surface area contributed by atoms with Crippen LogP contribution in [0.25, 0.3) is 10.1 Å². The van der Waals surface area contributed by atoms with Crippen molar-refractivity contribution in [3.05, 3.63) is 71.1 Å². The zero-order chi connectivity index (χ0) is 29.5. The summed E-state index contributed by atoms with van der Waals surface area (Å²) < 4.78 is 1.04. The molecule has 0 spiro atoms. The van der Waals surface area contributed by atoms with Crippen molar-refractivity contribution in [2.45, 2.75) is 76.0 Å². The Morgan fingerprint density at radius 2 is 1.69 bits per heavy atom. The molecule has 8 nitrogen and oxygen atoms in total. The van der Waals surface area contributed by atoms with Crippen LogP contribution >= 0.6 is 11.3 Å². The molecule has 1 aliphatic heterocycles. The summed E-state index contributed by atoms with van der Waals surface area (Å²) in [6, 6.07) is 19.7. The van der Waals surface area contributed by atoms with Crippen LogP contribution in [0, 0.1) is 0 Å². The molecule has 9 heteroatoms.